The summed E-state index contributed by atoms with van der Waals surface area (Å²) < 4.78 is 32.4. The van der Waals surface area contributed by atoms with Gasteiger partial charge in [0, 0.05) is 25.3 Å². The lowest BCUT2D eigenvalue weighted by Gasteiger charge is -2.24. The number of hydrogen-bond acceptors (Lipinski definition) is 7. The van der Waals surface area contributed by atoms with Gasteiger partial charge in [0.25, 0.3) is 11.5 Å². The first-order valence-electron chi connectivity index (χ1n) is 8.57. The predicted octanol–water partition coefficient (Wildman–Crippen LogP) is 0.348. The molecule has 2 aromatic heterocycles. The van der Waals surface area contributed by atoms with Gasteiger partial charge in [-0.2, -0.15) is 4.31 Å². The minimum atomic E-state index is -3.78. The molecule has 1 saturated heterocycles. The van der Waals surface area contributed by atoms with E-state index in [0.29, 0.717) is 25.1 Å². The van der Waals surface area contributed by atoms with E-state index in [1.165, 1.54) is 10.5 Å². The number of carbonyl (C=O) groups excluding carboxylic acids is 1. The van der Waals surface area contributed by atoms with Gasteiger partial charge in [-0.15, -0.1) is 0 Å². The molecule has 2 N–H and O–H groups in total. The van der Waals surface area contributed by atoms with Gasteiger partial charge in [-0.1, -0.05) is 11.6 Å². The number of aromatic amines is 1. The average Bonchev–Trinajstić information content (AvgIpc) is 2.82. The maximum atomic E-state index is 13.0. The van der Waals surface area contributed by atoms with E-state index in [-0.39, 0.29) is 28.9 Å². The number of hydrogen-bond donors (Lipinski definition) is 2. The van der Waals surface area contributed by atoms with E-state index in [2.05, 4.69) is 20.4 Å². The van der Waals surface area contributed by atoms with E-state index < -0.39 is 21.5 Å². The van der Waals surface area contributed by atoms with Crippen LogP contribution in [0.15, 0.2) is 26.6 Å². The molecule has 1 amide bonds. The molecule has 1 aliphatic rings. The number of nitrogens with one attached hydrogen (secondary N) is 2. The highest BCUT2D eigenvalue weighted by Crippen LogP contribution is 2.25. The second-order valence-corrected chi connectivity index (χ2v) is 8.35. The zero-order chi connectivity index (χ0) is 19.6. The van der Waals surface area contributed by atoms with Crippen LogP contribution < -0.4 is 10.9 Å². The number of carbonyl (C=O) groups is 1. The molecule has 0 bridgehead atoms. The SMILES string of the molecule is Cc1noc(C)c1S(=O)(=O)N1CCCC[C@@H](NC(=O)c2c[nH]c(=O)cn2)C1. The third-order valence-corrected chi connectivity index (χ3v) is 6.55. The Labute approximate surface area is 156 Å². The molecule has 10 nitrogen and oxygen atoms in total. The molecule has 1 atom stereocenters. The van der Waals surface area contributed by atoms with Crippen LogP contribution in [0, 0.1) is 13.8 Å². The zero-order valence-corrected chi connectivity index (χ0v) is 15.9. The van der Waals surface area contributed by atoms with Crippen LogP contribution in [0.2, 0.25) is 0 Å². The number of aryl methyl sites for hydroxylation is 2. The van der Waals surface area contributed by atoms with E-state index in [4.69, 9.17) is 4.52 Å². The Balaban J connectivity index is 1.78. The highest BCUT2D eigenvalue weighted by molar-refractivity contribution is 7.89. The smallest absolute Gasteiger partial charge is 0.271 e. The van der Waals surface area contributed by atoms with Crippen LogP contribution in [0.5, 0.6) is 0 Å². The van der Waals surface area contributed by atoms with E-state index >= 15 is 0 Å². The van der Waals surface area contributed by atoms with Crippen molar-refractivity contribution in [3.05, 3.63) is 39.9 Å². The van der Waals surface area contributed by atoms with E-state index in [9.17, 15) is 18.0 Å². The van der Waals surface area contributed by atoms with Crippen molar-refractivity contribution in [2.45, 2.75) is 44.0 Å². The van der Waals surface area contributed by atoms with Crippen molar-refractivity contribution in [3.63, 3.8) is 0 Å². The molecular formula is C16H21N5O5S. The van der Waals surface area contributed by atoms with Crippen molar-refractivity contribution in [3.8, 4) is 0 Å². The van der Waals surface area contributed by atoms with Crippen LogP contribution in [-0.2, 0) is 10.0 Å². The maximum Gasteiger partial charge on any atom is 0.271 e. The Hall–Kier alpha value is -2.53. The van der Waals surface area contributed by atoms with Crippen molar-refractivity contribution < 1.29 is 17.7 Å². The van der Waals surface area contributed by atoms with Gasteiger partial charge in [0.15, 0.2) is 5.76 Å². The third kappa shape index (κ3) is 4.08. The minimum absolute atomic E-state index is 0.0685. The summed E-state index contributed by atoms with van der Waals surface area (Å²) in [4.78, 5) is 29.7. The van der Waals surface area contributed by atoms with Crippen LogP contribution in [0.4, 0.5) is 0 Å². The number of sulfonamides is 1. The molecule has 0 aliphatic carbocycles. The van der Waals surface area contributed by atoms with Gasteiger partial charge in [-0.05, 0) is 26.7 Å². The highest BCUT2D eigenvalue weighted by atomic mass is 32.2. The second kappa shape index (κ2) is 7.61. The maximum absolute atomic E-state index is 13.0. The Bertz CT molecular complexity index is 957. The van der Waals surface area contributed by atoms with E-state index in [1.54, 1.807) is 13.8 Å². The monoisotopic (exact) mass is 395 g/mol. The molecule has 0 saturated carbocycles. The van der Waals surface area contributed by atoms with E-state index in [1.807, 2.05) is 0 Å². The summed E-state index contributed by atoms with van der Waals surface area (Å²) in [6, 6.07) is -0.371. The average molecular weight is 395 g/mol. The number of amides is 1. The second-order valence-electron chi connectivity index (χ2n) is 6.48. The largest absolute Gasteiger partial charge is 0.360 e. The molecule has 146 valence electrons. The van der Waals surface area contributed by atoms with Crippen LogP contribution in [0.25, 0.3) is 0 Å². The third-order valence-electron chi connectivity index (χ3n) is 4.44. The van der Waals surface area contributed by atoms with Crippen LogP contribution in [-0.4, -0.2) is 52.9 Å². The summed E-state index contributed by atoms with van der Waals surface area (Å²) in [7, 11) is -3.78. The number of H-pyrrole nitrogens is 1. The van der Waals surface area contributed by atoms with Crippen molar-refractivity contribution >= 4 is 15.9 Å². The van der Waals surface area contributed by atoms with Gasteiger partial charge in [0.2, 0.25) is 10.0 Å². The van der Waals surface area contributed by atoms with E-state index in [0.717, 1.165) is 12.6 Å². The minimum Gasteiger partial charge on any atom is -0.360 e. The molecule has 27 heavy (non-hydrogen) atoms. The fourth-order valence-electron chi connectivity index (χ4n) is 3.14. The summed E-state index contributed by atoms with van der Waals surface area (Å²) >= 11 is 0. The fourth-order valence-corrected chi connectivity index (χ4v) is 4.96. The lowest BCUT2D eigenvalue weighted by molar-refractivity contribution is 0.0926. The lowest BCUT2D eigenvalue weighted by Crippen LogP contribution is -2.45. The Kier molecular flexibility index (Phi) is 5.42. The molecule has 0 spiro atoms. The number of rotatable bonds is 4. The van der Waals surface area contributed by atoms with Crippen LogP contribution in [0.3, 0.4) is 0 Å². The first kappa shape index (κ1) is 19.2. The molecule has 0 unspecified atom stereocenters. The summed E-state index contributed by atoms with van der Waals surface area (Å²) in [6.45, 7) is 3.64. The zero-order valence-electron chi connectivity index (χ0n) is 15.1. The van der Waals surface area contributed by atoms with Crippen molar-refractivity contribution in [2.24, 2.45) is 0 Å². The predicted molar refractivity (Wildman–Crippen MR) is 94.7 cm³/mol. The molecule has 0 aromatic carbocycles. The first-order valence-corrected chi connectivity index (χ1v) is 10.0. The quantitative estimate of drug-likeness (QED) is 0.761. The standard InChI is InChI=1S/C16H21N5O5S/c1-10-15(11(2)26-20-10)27(24,25)21-6-4-3-5-12(9-21)19-16(23)13-7-18-14(22)8-17-13/h7-8,12H,3-6,9H2,1-2H3,(H,18,22)(H,19,23)/t12-/m1/s1. The molecule has 11 heteroatoms. The summed E-state index contributed by atoms with van der Waals surface area (Å²) in [5.74, 6) is -0.220. The number of aromatic nitrogens is 3. The molecule has 0 radical (unpaired) electrons. The van der Waals surface area contributed by atoms with Crippen molar-refractivity contribution in [1.29, 1.82) is 0 Å². The Morgan fingerprint density at radius 2 is 2.15 bits per heavy atom. The van der Waals surface area contributed by atoms with Gasteiger partial charge in [0.1, 0.15) is 16.3 Å². The van der Waals surface area contributed by atoms with Gasteiger partial charge >= 0.3 is 0 Å². The summed E-state index contributed by atoms with van der Waals surface area (Å²) in [5.41, 5.74) is -0.0218. The molecule has 3 heterocycles. The normalized spacial score (nSPS) is 18.8. The van der Waals surface area contributed by atoms with Crippen LogP contribution in [0.1, 0.15) is 41.2 Å². The molecule has 3 rings (SSSR count). The van der Waals surface area contributed by atoms with Crippen molar-refractivity contribution in [1.82, 2.24) is 24.7 Å². The lowest BCUT2D eigenvalue weighted by atomic mass is 10.1. The van der Waals surface area contributed by atoms with Gasteiger partial charge in [-0.25, -0.2) is 13.4 Å². The summed E-state index contributed by atoms with van der Waals surface area (Å²) in [5, 5.41) is 6.53. The fraction of sp³-hybridized carbons (Fsp3) is 0.500. The van der Waals surface area contributed by atoms with Gasteiger partial charge in [-0.3, -0.25) is 9.59 Å². The van der Waals surface area contributed by atoms with Gasteiger partial charge in [0.05, 0.1) is 6.20 Å². The topological polar surface area (TPSA) is 138 Å². The molecule has 1 aliphatic heterocycles. The highest BCUT2D eigenvalue weighted by Gasteiger charge is 2.34. The summed E-state index contributed by atoms with van der Waals surface area (Å²) in [6.07, 6.45) is 4.36. The Morgan fingerprint density at radius 1 is 1.37 bits per heavy atom. The van der Waals surface area contributed by atoms with Crippen LogP contribution >= 0.6 is 0 Å². The Morgan fingerprint density at radius 3 is 2.78 bits per heavy atom. The molecule has 1 fully saturated rings. The first-order chi connectivity index (χ1) is 12.8. The number of nitrogens with zero attached hydrogens (tertiary/aromatic N) is 3. The molecular weight excluding hydrogens is 374 g/mol. The van der Waals surface area contributed by atoms with Gasteiger partial charge < -0.3 is 14.8 Å². The van der Waals surface area contributed by atoms with Crippen molar-refractivity contribution in [2.75, 3.05) is 13.1 Å². The molecule has 2 aromatic rings.